The van der Waals surface area contributed by atoms with Crippen molar-refractivity contribution in [3.63, 3.8) is 0 Å². The summed E-state index contributed by atoms with van der Waals surface area (Å²) in [6, 6.07) is 13.3. The molecule has 0 aliphatic carbocycles. The maximum atomic E-state index is 12.7. The number of amides is 1. The smallest absolute Gasteiger partial charge is 0.253 e. The second-order valence-corrected chi connectivity index (χ2v) is 7.39. The zero-order valence-corrected chi connectivity index (χ0v) is 16.3. The van der Waals surface area contributed by atoms with Crippen LogP contribution in [-0.2, 0) is 6.54 Å². The second-order valence-electron chi connectivity index (χ2n) is 6.52. The Morgan fingerprint density at radius 1 is 1.08 bits per heavy atom. The van der Waals surface area contributed by atoms with Crippen LogP contribution in [0.1, 0.15) is 15.9 Å². The highest BCUT2D eigenvalue weighted by Crippen LogP contribution is 2.26. The van der Waals surface area contributed by atoms with Crippen LogP contribution in [0.2, 0.25) is 10.0 Å². The minimum Gasteiger partial charge on any atom is -0.351 e. The number of fused-ring (bicyclic) bond motifs is 1. The van der Waals surface area contributed by atoms with E-state index in [0.29, 0.717) is 28.7 Å². The topological polar surface area (TPSA) is 37.3 Å². The molecule has 1 heterocycles. The third-order valence-electron chi connectivity index (χ3n) is 4.20. The highest BCUT2D eigenvalue weighted by atomic mass is 35.5. The van der Waals surface area contributed by atoms with Gasteiger partial charge in [-0.15, -0.1) is 0 Å². The summed E-state index contributed by atoms with van der Waals surface area (Å²) in [5.41, 5.74) is 2.72. The van der Waals surface area contributed by atoms with E-state index in [1.165, 1.54) is 0 Å². The number of nitrogens with one attached hydrogen (secondary N) is 1. The number of rotatable bonds is 6. The standard InChI is InChI=1S/C20H21Cl2N3O/c1-24(2)10-9-23-20(26)18-13-25(12-14-3-5-15(21)6-4-14)19-8-7-16(22)11-17(18)19/h3-8,11,13H,9-10,12H2,1-2H3,(H,23,26). The zero-order valence-electron chi connectivity index (χ0n) is 14.8. The molecule has 3 aromatic rings. The van der Waals surface area contributed by atoms with E-state index in [-0.39, 0.29) is 5.91 Å². The van der Waals surface area contributed by atoms with Gasteiger partial charge in [0.05, 0.1) is 5.56 Å². The first-order valence-corrected chi connectivity index (χ1v) is 9.15. The molecular formula is C20H21Cl2N3O. The van der Waals surface area contributed by atoms with Crippen LogP contribution in [0.25, 0.3) is 10.9 Å². The third kappa shape index (κ3) is 4.39. The fourth-order valence-corrected chi connectivity index (χ4v) is 3.15. The fraction of sp³-hybridized carbons (Fsp3) is 0.250. The van der Waals surface area contributed by atoms with E-state index < -0.39 is 0 Å². The van der Waals surface area contributed by atoms with Gasteiger partial charge in [0.2, 0.25) is 0 Å². The van der Waals surface area contributed by atoms with Crippen LogP contribution < -0.4 is 5.32 Å². The molecule has 0 saturated carbocycles. The summed E-state index contributed by atoms with van der Waals surface area (Å²) >= 11 is 12.1. The molecule has 0 atom stereocenters. The van der Waals surface area contributed by atoms with Crippen molar-refractivity contribution in [2.24, 2.45) is 0 Å². The van der Waals surface area contributed by atoms with Crippen molar-refractivity contribution in [1.82, 2.24) is 14.8 Å². The quantitative estimate of drug-likeness (QED) is 0.682. The normalized spacial score (nSPS) is 11.3. The fourth-order valence-electron chi connectivity index (χ4n) is 2.86. The van der Waals surface area contributed by atoms with Crippen LogP contribution in [0.3, 0.4) is 0 Å². The Labute approximate surface area is 163 Å². The average molecular weight is 390 g/mol. The van der Waals surface area contributed by atoms with Crippen LogP contribution in [0.15, 0.2) is 48.7 Å². The zero-order chi connectivity index (χ0) is 18.7. The van der Waals surface area contributed by atoms with Crippen molar-refractivity contribution in [3.05, 3.63) is 69.8 Å². The number of aromatic nitrogens is 1. The lowest BCUT2D eigenvalue weighted by Gasteiger charge is -2.10. The minimum absolute atomic E-state index is 0.0889. The number of carbonyl (C=O) groups is 1. The van der Waals surface area contributed by atoms with Crippen LogP contribution >= 0.6 is 23.2 Å². The predicted molar refractivity (Wildman–Crippen MR) is 108 cm³/mol. The van der Waals surface area contributed by atoms with E-state index in [1.54, 1.807) is 0 Å². The van der Waals surface area contributed by atoms with Gasteiger partial charge in [-0.2, -0.15) is 0 Å². The molecule has 2 aromatic carbocycles. The summed E-state index contributed by atoms with van der Waals surface area (Å²) in [6.45, 7) is 2.03. The molecule has 1 aromatic heterocycles. The monoisotopic (exact) mass is 389 g/mol. The molecule has 0 radical (unpaired) electrons. The lowest BCUT2D eigenvalue weighted by atomic mass is 10.1. The third-order valence-corrected chi connectivity index (χ3v) is 4.69. The summed E-state index contributed by atoms with van der Waals surface area (Å²) in [5.74, 6) is -0.0889. The van der Waals surface area contributed by atoms with Gasteiger partial charge < -0.3 is 14.8 Å². The first kappa shape index (κ1) is 18.8. The van der Waals surface area contributed by atoms with Crippen LogP contribution in [0, 0.1) is 0 Å². The van der Waals surface area contributed by atoms with Crippen LogP contribution in [0.4, 0.5) is 0 Å². The first-order chi connectivity index (χ1) is 12.4. The van der Waals surface area contributed by atoms with Gasteiger partial charge in [0, 0.05) is 46.8 Å². The molecule has 3 rings (SSSR count). The molecule has 1 amide bonds. The number of likely N-dealkylation sites (N-methyl/N-ethyl adjacent to an activating group) is 1. The Balaban J connectivity index is 1.92. The van der Waals surface area contributed by atoms with Crippen molar-refractivity contribution in [3.8, 4) is 0 Å². The first-order valence-electron chi connectivity index (χ1n) is 8.40. The minimum atomic E-state index is -0.0889. The van der Waals surface area contributed by atoms with Crippen LogP contribution in [-0.4, -0.2) is 42.6 Å². The molecular weight excluding hydrogens is 369 g/mol. The summed E-state index contributed by atoms with van der Waals surface area (Å²) in [6.07, 6.45) is 1.89. The highest BCUT2D eigenvalue weighted by molar-refractivity contribution is 6.31. The lowest BCUT2D eigenvalue weighted by molar-refractivity contribution is 0.0952. The van der Waals surface area contributed by atoms with E-state index in [4.69, 9.17) is 23.2 Å². The van der Waals surface area contributed by atoms with Gasteiger partial charge in [-0.1, -0.05) is 35.3 Å². The van der Waals surface area contributed by atoms with E-state index >= 15 is 0 Å². The molecule has 1 N–H and O–H groups in total. The van der Waals surface area contributed by atoms with Gasteiger partial charge >= 0.3 is 0 Å². The van der Waals surface area contributed by atoms with Gasteiger partial charge in [-0.25, -0.2) is 0 Å². The summed E-state index contributed by atoms with van der Waals surface area (Å²) in [5, 5.41) is 5.15. The molecule has 6 heteroatoms. The number of hydrogen-bond acceptors (Lipinski definition) is 2. The molecule has 0 unspecified atom stereocenters. The predicted octanol–water partition coefficient (Wildman–Crippen LogP) is 4.29. The van der Waals surface area contributed by atoms with Gasteiger partial charge in [0.1, 0.15) is 0 Å². The van der Waals surface area contributed by atoms with Gasteiger partial charge in [-0.05, 0) is 50.0 Å². The SMILES string of the molecule is CN(C)CCNC(=O)c1cn(Cc2ccc(Cl)cc2)c2ccc(Cl)cc12. The van der Waals surface area contributed by atoms with E-state index in [1.807, 2.05) is 67.7 Å². The molecule has 136 valence electrons. The maximum absolute atomic E-state index is 12.7. The van der Waals surface area contributed by atoms with E-state index in [0.717, 1.165) is 23.0 Å². The lowest BCUT2D eigenvalue weighted by Crippen LogP contribution is -2.31. The van der Waals surface area contributed by atoms with Crippen LogP contribution in [0.5, 0.6) is 0 Å². The molecule has 0 bridgehead atoms. The molecule has 0 saturated heterocycles. The highest BCUT2D eigenvalue weighted by Gasteiger charge is 2.15. The summed E-state index contributed by atoms with van der Waals surface area (Å²) in [7, 11) is 3.95. The second kappa shape index (κ2) is 8.12. The summed E-state index contributed by atoms with van der Waals surface area (Å²) in [4.78, 5) is 14.7. The Bertz CT molecular complexity index is 917. The molecule has 0 spiro atoms. The van der Waals surface area contributed by atoms with Crippen molar-refractivity contribution < 1.29 is 4.79 Å². The Hall–Kier alpha value is -2.01. The number of hydrogen-bond donors (Lipinski definition) is 1. The maximum Gasteiger partial charge on any atom is 0.253 e. The van der Waals surface area contributed by atoms with Gasteiger partial charge in [-0.3, -0.25) is 4.79 Å². The van der Waals surface area contributed by atoms with Crippen molar-refractivity contribution in [2.75, 3.05) is 27.2 Å². The van der Waals surface area contributed by atoms with Crippen molar-refractivity contribution >= 4 is 40.0 Å². The van der Waals surface area contributed by atoms with E-state index in [9.17, 15) is 4.79 Å². The summed E-state index contributed by atoms with van der Waals surface area (Å²) < 4.78 is 2.07. The molecule has 0 fully saturated rings. The van der Waals surface area contributed by atoms with Gasteiger partial charge in [0.15, 0.2) is 0 Å². The van der Waals surface area contributed by atoms with Crippen molar-refractivity contribution in [1.29, 1.82) is 0 Å². The number of carbonyl (C=O) groups excluding carboxylic acids is 1. The molecule has 0 aliphatic heterocycles. The Morgan fingerprint density at radius 2 is 1.77 bits per heavy atom. The molecule has 4 nitrogen and oxygen atoms in total. The Morgan fingerprint density at radius 3 is 2.46 bits per heavy atom. The van der Waals surface area contributed by atoms with Crippen molar-refractivity contribution in [2.45, 2.75) is 6.54 Å². The van der Waals surface area contributed by atoms with Gasteiger partial charge in [0.25, 0.3) is 5.91 Å². The number of benzene rings is 2. The molecule has 26 heavy (non-hydrogen) atoms. The average Bonchev–Trinajstić information content (AvgIpc) is 2.94. The van der Waals surface area contributed by atoms with E-state index in [2.05, 4.69) is 9.88 Å². The molecule has 0 aliphatic rings. The number of nitrogens with zero attached hydrogens (tertiary/aromatic N) is 2. The Kier molecular flexibility index (Phi) is 5.87. The number of halogens is 2. The largest absolute Gasteiger partial charge is 0.351 e.